The number of benzene rings is 2. The molecule has 1 atom stereocenters. The average Bonchev–Trinajstić information content (AvgIpc) is 3.37. The second-order valence-corrected chi connectivity index (χ2v) is 8.75. The molecule has 184 valence electrons. The molecule has 0 N–H and O–H groups in total. The first-order valence-electron chi connectivity index (χ1n) is 10.9. The number of para-hydroxylation sites is 2. The number of hydrogen-bond donors (Lipinski definition) is 0. The van der Waals surface area contributed by atoms with Gasteiger partial charge in [0.15, 0.2) is 0 Å². The van der Waals surface area contributed by atoms with Crippen LogP contribution in [0.1, 0.15) is 23.7 Å². The predicted octanol–water partition coefficient (Wildman–Crippen LogP) is 6.53. The number of nitrogens with zero attached hydrogens (tertiary/aromatic N) is 2. The van der Waals surface area contributed by atoms with E-state index in [2.05, 4.69) is 15.9 Å². The zero-order valence-electron chi connectivity index (χ0n) is 18.8. The Bertz CT molecular complexity index is 1010. The van der Waals surface area contributed by atoms with Crippen LogP contribution < -0.4 is 14.4 Å². The number of thiophene rings is 1. The number of ether oxygens (including phenoxy) is 2. The maximum Gasteiger partial charge on any atom is 0.416 e. The summed E-state index contributed by atoms with van der Waals surface area (Å²) in [5.41, 5.74) is 1.49. The number of hydrogen-bond acceptors (Lipinski definition) is 5. The topological polar surface area (TPSA) is 24.9 Å². The van der Waals surface area contributed by atoms with Gasteiger partial charge in [0.25, 0.3) is 0 Å². The van der Waals surface area contributed by atoms with Crippen molar-refractivity contribution in [3.63, 3.8) is 0 Å². The lowest BCUT2D eigenvalue weighted by Gasteiger charge is -2.37. The molecule has 0 bridgehead atoms. The third-order valence-electron chi connectivity index (χ3n) is 5.88. The number of halogens is 4. The molecule has 4 nitrogen and oxygen atoms in total. The molecule has 1 aliphatic heterocycles. The van der Waals surface area contributed by atoms with Crippen molar-refractivity contribution in [2.24, 2.45) is 0 Å². The zero-order valence-corrected chi connectivity index (χ0v) is 20.5. The second kappa shape index (κ2) is 11.8. The van der Waals surface area contributed by atoms with Crippen molar-refractivity contribution >= 4 is 29.4 Å². The molecule has 1 unspecified atom stereocenters. The summed E-state index contributed by atoms with van der Waals surface area (Å²) in [4.78, 5) is 4.74. The minimum atomic E-state index is -4.35. The number of alkyl halides is 3. The molecule has 34 heavy (non-hydrogen) atoms. The van der Waals surface area contributed by atoms with E-state index < -0.39 is 11.7 Å². The second-order valence-electron chi connectivity index (χ2n) is 7.97. The Morgan fingerprint density at radius 1 is 0.971 bits per heavy atom. The first-order valence-corrected chi connectivity index (χ1v) is 11.8. The van der Waals surface area contributed by atoms with Crippen molar-refractivity contribution in [3.05, 3.63) is 76.5 Å². The lowest BCUT2D eigenvalue weighted by Crippen LogP contribution is -2.47. The van der Waals surface area contributed by atoms with E-state index in [-0.39, 0.29) is 18.5 Å². The summed E-state index contributed by atoms with van der Waals surface area (Å²) in [5, 5.41) is 4.03. The van der Waals surface area contributed by atoms with E-state index in [0.717, 1.165) is 68.3 Å². The Morgan fingerprint density at radius 2 is 1.68 bits per heavy atom. The highest BCUT2D eigenvalue weighted by Gasteiger charge is 2.30. The third kappa shape index (κ3) is 6.58. The Hall–Kier alpha value is -2.42. The van der Waals surface area contributed by atoms with Crippen molar-refractivity contribution in [1.29, 1.82) is 0 Å². The van der Waals surface area contributed by atoms with Gasteiger partial charge in [-0.15, -0.1) is 12.4 Å². The largest absolute Gasteiger partial charge is 0.495 e. The molecule has 0 spiro atoms. The van der Waals surface area contributed by atoms with Gasteiger partial charge in [0.05, 0.1) is 18.4 Å². The summed E-state index contributed by atoms with van der Waals surface area (Å²) in [6, 6.07) is 15.0. The van der Waals surface area contributed by atoms with Gasteiger partial charge in [0.2, 0.25) is 0 Å². The standard InChI is InChI=1S/C25H27F3N2O2S.ClH/c1-31-24-5-3-2-4-22(24)30-15-13-29(14-16-30)12-10-23(19-11-17-33-18-19)32-21-8-6-20(7-9-21)25(26,27)28;/h2-9,11,17-18,23H,10,12-16H2,1H3;1H. The van der Waals surface area contributed by atoms with Gasteiger partial charge in [-0.2, -0.15) is 24.5 Å². The van der Waals surface area contributed by atoms with Crippen LogP contribution in [0.2, 0.25) is 0 Å². The van der Waals surface area contributed by atoms with Crippen molar-refractivity contribution in [2.45, 2.75) is 18.7 Å². The molecule has 0 saturated carbocycles. The summed E-state index contributed by atoms with van der Waals surface area (Å²) in [5.74, 6) is 1.33. The molecule has 0 amide bonds. The van der Waals surface area contributed by atoms with E-state index in [4.69, 9.17) is 9.47 Å². The molecular weight excluding hydrogens is 485 g/mol. The monoisotopic (exact) mass is 512 g/mol. The Kier molecular flexibility index (Phi) is 9.10. The molecule has 2 aromatic carbocycles. The number of methoxy groups -OCH3 is 1. The van der Waals surface area contributed by atoms with Crippen LogP contribution in [0.3, 0.4) is 0 Å². The molecule has 2 heterocycles. The van der Waals surface area contributed by atoms with E-state index in [1.807, 2.05) is 35.0 Å². The van der Waals surface area contributed by atoms with Gasteiger partial charge in [-0.1, -0.05) is 12.1 Å². The van der Waals surface area contributed by atoms with Gasteiger partial charge >= 0.3 is 6.18 Å². The molecule has 4 rings (SSSR count). The molecule has 9 heteroatoms. The van der Waals surface area contributed by atoms with Crippen LogP contribution in [0.4, 0.5) is 18.9 Å². The summed E-state index contributed by atoms with van der Waals surface area (Å²) in [6.45, 7) is 4.51. The van der Waals surface area contributed by atoms with E-state index in [1.165, 1.54) is 12.1 Å². The number of rotatable bonds is 8. The average molecular weight is 513 g/mol. The number of piperazine rings is 1. The summed E-state index contributed by atoms with van der Waals surface area (Å²) in [7, 11) is 1.69. The van der Waals surface area contributed by atoms with Crippen LogP contribution in [-0.4, -0.2) is 44.7 Å². The molecule has 1 fully saturated rings. The van der Waals surface area contributed by atoms with Crippen molar-refractivity contribution in [3.8, 4) is 11.5 Å². The van der Waals surface area contributed by atoms with Gasteiger partial charge < -0.3 is 14.4 Å². The first-order chi connectivity index (χ1) is 15.9. The quantitative estimate of drug-likeness (QED) is 0.342. The van der Waals surface area contributed by atoms with Crippen molar-refractivity contribution in [2.75, 3.05) is 44.7 Å². The molecule has 1 aromatic heterocycles. The van der Waals surface area contributed by atoms with Crippen LogP contribution in [0.15, 0.2) is 65.4 Å². The Morgan fingerprint density at radius 3 is 2.29 bits per heavy atom. The molecule has 3 aromatic rings. The minimum Gasteiger partial charge on any atom is -0.495 e. The Labute approximate surface area is 208 Å². The van der Waals surface area contributed by atoms with E-state index in [9.17, 15) is 13.2 Å². The highest BCUT2D eigenvalue weighted by molar-refractivity contribution is 7.07. The molecular formula is C25H28ClF3N2O2S. The molecule has 0 radical (unpaired) electrons. The smallest absolute Gasteiger partial charge is 0.416 e. The molecule has 0 aliphatic carbocycles. The van der Waals surface area contributed by atoms with Crippen LogP contribution in [-0.2, 0) is 6.18 Å². The third-order valence-corrected chi connectivity index (χ3v) is 6.58. The highest BCUT2D eigenvalue weighted by Crippen LogP contribution is 2.33. The van der Waals surface area contributed by atoms with Gasteiger partial charge in [-0.3, -0.25) is 4.90 Å². The normalized spacial score (nSPS) is 15.5. The lowest BCUT2D eigenvalue weighted by atomic mass is 10.1. The van der Waals surface area contributed by atoms with E-state index in [1.54, 1.807) is 18.4 Å². The number of anilines is 1. The van der Waals surface area contributed by atoms with Crippen molar-refractivity contribution in [1.82, 2.24) is 4.90 Å². The fourth-order valence-corrected chi connectivity index (χ4v) is 4.74. The SMILES string of the molecule is COc1ccccc1N1CCN(CCC(Oc2ccc(C(F)(F)F)cc2)c2ccsc2)CC1.Cl. The summed E-state index contributed by atoms with van der Waals surface area (Å²) >= 11 is 1.59. The summed E-state index contributed by atoms with van der Waals surface area (Å²) < 4.78 is 50.2. The minimum absolute atomic E-state index is 0. The van der Waals surface area contributed by atoms with Crippen LogP contribution in [0, 0.1) is 0 Å². The maximum atomic E-state index is 12.9. The van der Waals surface area contributed by atoms with Gasteiger partial charge in [0.1, 0.15) is 17.6 Å². The van der Waals surface area contributed by atoms with E-state index in [0.29, 0.717) is 5.75 Å². The van der Waals surface area contributed by atoms with Crippen LogP contribution in [0.25, 0.3) is 0 Å². The molecule has 1 aliphatic rings. The summed E-state index contributed by atoms with van der Waals surface area (Å²) in [6.07, 6.45) is -3.80. The zero-order chi connectivity index (χ0) is 23.3. The van der Waals surface area contributed by atoms with Gasteiger partial charge in [-0.05, 0) is 53.2 Å². The predicted molar refractivity (Wildman–Crippen MR) is 133 cm³/mol. The highest BCUT2D eigenvalue weighted by atomic mass is 35.5. The van der Waals surface area contributed by atoms with Gasteiger partial charge in [-0.25, -0.2) is 0 Å². The molecule has 1 saturated heterocycles. The van der Waals surface area contributed by atoms with Crippen LogP contribution >= 0.6 is 23.7 Å². The first kappa shape index (κ1) is 26.2. The van der Waals surface area contributed by atoms with Crippen LogP contribution in [0.5, 0.6) is 11.5 Å². The lowest BCUT2D eigenvalue weighted by molar-refractivity contribution is -0.137. The van der Waals surface area contributed by atoms with E-state index >= 15 is 0 Å². The van der Waals surface area contributed by atoms with Gasteiger partial charge in [0, 0.05) is 44.7 Å². The van der Waals surface area contributed by atoms with Crippen molar-refractivity contribution < 1.29 is 22.6 Å². The maximum absolute atomic E-state index is 12.9. The fourth-order valence-electron chi connectivity index (χ4n) is 4.04. The Balaban J connectivity index is 0.00000324. The fraction of sp³-hybridized carbons (Fsp3) is 0.360.